The average Bonchev–Trinajstić information content (AvgIpc) is 2.90. The second kappa shape index (κ2) is 3.43. The molecule has 82 valence electrons. The molecule has 0 unspecified atom stereocenters. The van der Waals surface area contributed by atoms with Gasteiger partial charge in [0.15, 0.2) is 0 Å². The van der Waals surface area contributed by atoms with E-state index in [2.05, 4.69) is 0 Å². The lowest BCUT2D eigenvalue weighted by molar-refractivity contribution is 0.212. The minimum Gasteiger partial charge on any atom is -0.395 e. The van der Waals surface area contributed by atoms with E-state index in [-0.39, 0.29) is 24.8 Å². The molecule has 4 nitrogen and oxygen atoms in total. The van der Waals surface area contributed by atoms with E-state index in [1.165, 1.54) is 0 Å². The maximum absolute atomic E-state index is 13.0. The van der Waals surface area contributed by atoms with Crippen molar-refractivity contribution in [2.24, 2.45) is 0 Å². The van der Waals surface area contributed by atoms with Crippen LogP contribution < -0.4 is 0 Å². The third-order valence-electron chi connectivity index (χ3n) is 2.80. The first-order chi connectivity index (χ1) is 6.55. The quantitative estimate of drug-likeness (QED) is 0.726. The molecule has 1 saturated carbocycles. The van der Waals surface area contributed by atoms with Crippen molar-refractivity contribution in [3.63, 3.8) is 0 Å². The van der Waals surface area contributed by atoms with Crippen LogP contribution in [0.3, 0.4) is 0 Å². The van der Waals surface area contributed by atoms with Crippen molar-refractivity contribution in [1.29, 1.82) is 0 Å². The summed E-state index contributed by atoms with van der Waals surface area (Å²) in [6.45, 7) is -0.365. The fourth-order valence-corrected chi connectivity index (χ4v) is 3.92. The van der Waals surface area contributed by atoms with E-state index in [4.69, 9.17) is 5.11 Å². The highest BCUT2D eigenvalue weighted by Crippen LogP contribution is 2.35. The topological polar surface area (TPSA) is 57.6 Å². The number of hydrogen-bond acceptors (Lipinski definition) is 3. The van der Waals surface area contributed by atoms with Crippen molar-refractivity contribution in [2.45, 2.75) is 36.7 Å². The van der Waals surface area contributed by atoms with Crippen LogP contribution in [0.5, 0.6) is 0 Å². The Morgan fingerprint density at radius 1 is 1.43 bits per heavy atom. The average molecular weight is 223 g/mol. The summed E-state index contributed by atoms with van der Waals surface area (Å²) in [5, 5.41) is 8.63. The lowest BCUT2D eigenvalue weighted by Crippen LogP contribution is -2.39. The maximum atomic E-state index is 13.0. The molecule has 0 radical (unpaired) electrons. The minimum atomic E-state index is -3.33. The molecule has 1 N–H and O–H groups in total. The van der Waals surface area contributed by atoms with Crippen LogP contribution in [0.1, 0.15) is 19.3 Å². The molecule has 1 heterocycles. The van der Waals surface area contributed by atoms with Crippen molar-refractivity contribution in [2.75, 3.05) is 13.2 Å². The highest BCUT2D eigenvalue weighted by Gasteiger charge is 2.46. The van der Waals surface area contributed by atoms with Gasteiger partial charge in [-0.15, -0.1) is 0 Å². The van der Waals surface area contributed by atoms with E-state index in [0.717, 1.165) is 4.31 Å². The first-order valence-electron chi connectivity index (χ1n) is 4.81. The Labute approximate surface area is 82.8 Å². The summed E-state index contributed by atoms with van der Waals surface area (Å²) in [6, 6.07) is -0.546. The molecule has 2 atom stereocenters. The Bertz CT molecular complexity index is 315. The van der Waals surface area contributed by atoms with Crippen molar-refractivity contribution in [3.05, 3.63) is 0 Å². The number of rotatable bonds is 3. The van der Waals surface area contributed by atoms with Crippen molar-refractivity contribution >= 4 is 10.0 Å². The predicted octanol–water partition coefficient (Wildman–Crippen LogP) is -0.117. The molecule has 1 saturated heterocycles. The van der Waals surface area contributed by atoms with Crippen LogP contribution in [0.25, 0.3) is 0 Å². The molecule has 0 bridgehead atoms. The van der Waals surface area contributed by atoms with E-state index in [0.29, 0.717) is 12.8 Å². The largest absolute Gasteiger partial charge is 0.395 e. The molecule has 0 amide bonds. The number of alkyl halides is 1. The lowest BCUT2D eigenvalue weighted by Gasteiger charge is -2.21. The molecule has 0 spiro atoms. The molecule has 14 heavy (non-hydrogen) atoms. The summed E-state index contributed by atoms with van der Waals surface area (Å²) in [5.74, 6) is 0. The number of nitrogens with zero attached hydrogens (tertiary/aromatic N) is 1. The van der Waals surface area contributed by atoms with Gasteiger partial charge >= 0.3 is 0 Å². The second-order valence-corrected chi connectivity index (χ2v) is 6.15. The van der Waals surface area contributed by atoms with Gasteiger partial charge < -0.3 is 5.11 Å². The second-order valence-electron chi connectivity index (χ2n) is 3.98. The van der Waals surface area contributed by atoms with Gasteiger partial charge in [-0.1, -0.05) is 0 Å². The smallest absolute Gasteiger partial charge is 0.217 e. The van der Waals surface area contributed by atoms with E-state index in [1.54, 1.807) is 0 Å². The third kappa shape index (κ3) is 1.66. The number of hydrogen-bond donors (Lipinski definition) is 1. The number of aliphatic hydroxyl groups is 1. The van der Waals surface area contributed by atoms with Gasteiger partial charge in [0, 0.05) is 6.54 Å². The van der Waals surface area contributed by atoms with Crippen molar-refractivity contribution in [3.8, 4) is 0 Å². The van der Waals surface area contributed by atoms with Crippen LogP contribution in [0.15, 0.2) is 0 Å². The molecule has 1 aliphatic carbocycles. The molecule has 0 aromatic rings. The Kier molecular flexibility index (Phi) is 2.53. The Hall–Kier alpha value is -0.200. The molecular weight excluding hydrogens is 209 g/mol. The van der Waals surface area contributed by atoms with Crippen LogP contribution in [-0.2, 0) is 10.0 Å². The zero-order valence-corrected chi connectivity index (χ0v) is 8.58. The minimum absolute atomic E-state index is 0.0793. The van der Waals surface area contributed by atoms with Crippen LogP contribution in [0.2, 0.25) is 0 Å². The SMILES string of the molecule is O=S(=O)(C1CC1)N1C[C@@H](F)C[C@H]1CO. The fourth-order valence-electron chi connectivity index (χ4n) is 1.87. The summed E-state index contributed by atoms with van der Waals surface area (Å²) in [7, 11) is -3.33. The molecule has 2 rings (SSSR count). The molecule has 0 aromatic heterocycles. The lowest BCUT2D eigenvalue weighted by atomic mass is 10.2. The van der Waals surface area contributed by atoms with Crippen LogP contribution in [0, 0.1) is 0 Å². The summed E-state index contributed by atoms with van der Waals surface area (Å²) < 4.78 is 37.7. The van der Waals surface area contributed by atoms with E-state index >= 15 is 0 Å². The van der Waals surface area contributed by atoms with E-state index in [9.17, 15) is 12.8 Å². The highest BCUT2D eigenvalue weighted by atomic mass is 32.2. The van der Waals surface area contributed by atoms with Gasteiger partial charge in [-0.3, -0.25) is 0 Å². The Morgan fingerprint density at radius 2 is 2.07 bits per heavy atom. The van der Waals surface area contributed by atoms with E-state index in [1.807, 2.05) is 0 Å². The summed E-state index contributed by atoms with van der Waals surface area (Å²) in [5.41, 5.74) is 0. The summed E-state index contributed by atoms with van der Waals surface area (Å²) in [4.78, 5) is 0. The van der Waals surface area contributed by atoms with Gasteiger partial charge in [0.25, 0.3) is 0 Å². The molecule has 1 aliphatic heterocycles. The number of aliphatic hydroxyl groups excluding tert-OH is 1. The van der Waals surface area contributed by atoms with Crippen LogP contribution >= 0.6 is 0 Å². The predicted molar refractivity (Wildman–Crippen MR) is 49.0 cm³/mol. The Balaban J connectivity index is 2.16. The summed E-state index contributed by atoms with van der Waals surface area (Å²) >= 11 is 0. The standard InChI is InChI=1S/C8H14FNO3S/c9-6-3-7(5-11)10(4-6)14(12,13)8-1-2-8/h6-8,11H,1-5H2/t6-,7-/m0/s1. The number of halogens is 1. The first-order valence-corrected chi connectivity index (χ1v) is 6.31. The van der Waals surface area contributed by atoms with Gasteiger partial charge in [-0.05, 0) is 19.3 Å². The zero-order valence-electron chi connectivity index (χ0n) is 7.76. The molecule has 6 heteroatoms. The molecule has 0 aromatic carbocycles. The summed E-state index contributed by atoms with van der Waals surface area (Å²) in [6.07, 6.45) is 0.352. The van der Waals surface area contributed by atoms with Gasteiger partial charge in [0.05, 0.1) is 17.9 Å². The fraction of sp³-hybridized carbons (Fsp3) is 1.00. The zero-order chi connectivity index (χ0) is 10.3. The van der Waals surface area contributed by atoms with E-state index < -0.39 is 22.2 Å². The Morgan fingerprint density at radius 3 is 2.57 bits per heavy atom. The monoisotopic (exact) mass is 223 g/mol. The van der Waals surface area contributed by atoms with Gasteiger partial charge in [0.2, 0.25) is 10.0 Å². The number of sulfonamides is 1. The van der Waals surface area contributed by atoms with Crippen LogP contribution in [0.4, 0.5) is 4.39 Å². The molecular formula is C8H14FNO3S. The normalized spacial score (nSPS) is 35.0. The molecule has 2 aliphatic rings. The maximum Gasteiger partial charge on any atom is 0.217 e. The van der Waals surface area contributed by atoms with Gasteiger partial charge in [-0.2, -0.15) is 4.31 Å². The van der Waals surface area contributed by atoms with Crippen LogP contribution in [-0.4, -0.2) is 48.4 Å². The first kappa shape index (κ1) is 10.3. The van der Waals surface area contributed by atoms with Gasteiger partial charge in [0.1, 0.15) is 6.17 Å². The molecule has 2 fully saturated rings. The van der Waals surface area contributed by atoms with Gasteiger partial charge in [-0.25, -0.2) is 12.8 Å². The third-order valence-corrected chi connectivity index (χ3v) is 5.21. The van der Waals surface area contributed by atoms with Crippen molar-refractivity contribution < 1.29 is 17.9 Å². The highest BCUT2D eigenvalue weighted by molar-refractivity contribution is 7.90. The van der Waals surface area contributed by atoms with Crippen molar-refractivity contribution in [1.82, 2.24) is 4.31 Å².